The molecule has 1 aliphatic heterocycles. The van der Waals surface area contributed by atoms with Crippen molar-refractivity contribution in [1.29, 1.82) is 0 Å². The first kappa shape index (κ1) is 19.9. The number of esters is 1. The lowest BCUT2D eigenvalue weighted by atomic mass is 9.91. The average Bonchev–Trinajstić information content (AvgIpc) is 3.25. The van der Waals surface area contributed by atoms with Gasteiger partial charge < -0.3 is 15.8 Å². The Morgan fingerprint density at radius 2 is 2.13 bits per heavy atom. The minimum atomic E-state index is -0.282. The molecule has 4 heterocycles. The summed E-state index contributed by atoms with van der Waals surface area (Å²) in [6.07, 6.45) is 5.08. The van der Waals surface area contributed by atoms with Crippen molar-refractivity contribution in [1.82, 2.24) is 24.9 Å². The molecule has 1 fully saturated rings. The highest BCUT2D eigenvalue weighted by atomic mass is 79.9. The number of hydrogen-bond acceptors (Lipinski definition) is 7. The third-order valence-corrected chi connectivity index (χ3v) is 6.65. The maximum Gasteiger partial charge on any atom is 0.322 e. The Morgan fingerprint density at radius 3 is 2.90 bits per heavy atom. The van der Waals surface area contributed by atoms with E-state index < -0.39 is 0 Å². The molecule has 0 bridgehead atoms. The SMILES string of the molecule is COC(=O)[C@@H]1CC[C@H](c2nc3c(-c4cnc5ccccc5c4)cnn3c(N)c2Br)CN1. The molecule has 0 radical (unpaired) electrons. The number of benzene rings is 1. The number of nitrogens with zero attached hydrogens (tertiary/aromatic N) is 4. The number of fused-ring (bicyclic) bond motifs is 2. The fraction of sp³-hybridized carbons (Fsp3) is 0.273. The lowest BCUT2D eigenvalue weighted by molar-refractivity contribution is -0.143. The van der Waals surface area contributed by atoms with Crippen molar-refractivity contribution >= 4 is 44.3 Å². The van der Waals surface area contributed by atoms with Crippen LogP contribution in [0.15, 0.2) is 47.2 Å². The number of methoxy groups -OCH3 is 1. The monoisotopic (exact) mass is 480 g/mol. The van der Waals surface area contributed by atoms with E-state index >= 15 is 0 Å². The molecule has 1 saturated heterocycles. The number of nitrogens with two attached hydrogens (primary N) is 1. The predicted octanol–water partition coefficient (Wildman–Crippen LogP) is 3.30. The van der Waals surface area contributed by atoms with Crippen LogP contribution in [0, 0.1) is 0 Å². The Balaban J connectivity index is 1.55. The smallest absolute Gasteiger partial charge is 0.322 e. The highest BCUT2D eigenvalue weighted by molar-refractivity contribution is 9.10. The fourth-order valence-electron chi connectivity index (χ4n) is 4.14. The molecule has 158 valence electrons. The quantitative estimate of drug-likeness (QED) is 0.433. The van der Waals surface area contributed by atoms with Gasteiger partial charge in [0.25, 0.3) is 0 Å². The first-order chi connectivity index (χ1) is 15.1. The summed E-state index contributed by atoms with van der Waals surface area (Å²) in [5, 5.41) is 8.78. The zero-order chi connectivity index (χ0) is 21.5. The number of piperidine rings is 1. The van der Waals surface area contributed by atoms with Crippen LogP contribution in [-0.2, 0) is 9.53 Å². The van der Waals surface area contributed by atoms with Crippen molar-refractivity contribution in [2.75, 3.05) is 19.4 Å². The first-order valence-electron chi connectivity index (χ1n) is 10.1. The summed E-state index contributed by atoms with van der Waals surface area (Å²) in [7, 11) is 1.41. The topological polar surface area (TPSA) is 107 Å². The summed E-state index contributed by atoms with van der Waals surface area (Å²) >= 11 is 3.61. The van der Waals surface area contributed by atoms with Gasteiger partial charge in [-0.2, -0.15) is 9.61 Å². The highest BCUT2D eigenvalue weighted by Crippen LogP contribution is 2.36. The largest absolute Gasteiger partial charge is 0.468 e. The molecule has 0 amide bonds. The third-order valence-electron chi connectivity index (χ3n) is 5.84. The summed E-state index contributed by atoms with van der Waals surface area (Å²) < 4.78 is 7.23. The van der Waals surface area contributed by atoms with E-state index in [1.54, 1.807) is 10.7 Å². The van der Waals surface area contributed by atoms with Gasteiger partial charge in [0.15, 0.2) is 5.65 Å². The number of halogens is 1. The maximum atomic E-state index is 11.8. The standard InChI is InChI=1S/C22H21BrN6O2/c1-31-22(30)17-7-6-13(9-26-17)19-18(23)20(24)29-21(28-19)15(11-27-29)14-8-12-4-2-3-5-16(12)25-10-14/h2-5,8,10-11,13,17,26H,6-7,9,24H2,1H3/t13-,17-/m0/s1. The van der Waals surface area contributed by atoms with Crippen LogP contribution in [0.4, 0.5) is 5.82 Å². The number of ether oxygens (including phenoxy) is 1. The number of para-hydroxylation sites is 1. The minimum absolute atomic E-state index is 0.111. The molecule has 3 aromatic heterocycles. The van der Waals surface area contributed by atoms with Gasteiger partial charge in [-0.1, -0.05) is 18.2 Å². The second-order valence-electron chi connectivity index (χ2n) is 7.66. The van der Waals surface area contributed by atoms with Crippen molar-refractivity contribution in [3.63, 3.8) is 0 Å². The summed E-state index contributed by atoms with van der Waals surface area (Å²) in [5.41, 5.74) is 10.7. The van der Waals surface area contributed by atoms with E-state index in [1.165, 1.54) is 7.11 Å². The molecule has 4 aromatic rings. The van der Waals surface area contributed by atoms with Gasteiger partial charge in [-0.25, -0.2) is 4.98 Å². The van der Waals surface area contributed by atoms with Crippen LogP contribution in [-0.4, -0.2) is 45.2 Å². The molecule has 0 saturated carbocycles. The fourth-order valence-corrected chi connectivity index (χ4v) is 4.72. The van der Waals surface area contributed by atoms with Crippen molar-refractivity contribution in [3.8, 4) is 11.1 Å². The Labute approximate surface area is 186 Å². The van der Waals surface area contributed by atoms with Crippen molar-refractivity contribution in [3.05, 3.63) is 52.9 Å². The molecule has 3 N–H and O–H groups in total. The number of nitrogen functional groups attached to an aromatic ring is 1. The average molecular weight is 481 g/mol. The summed E-state index contributed by atoms with van der Waals surface area (Å²) in [4.78, 5) is 21.3. The molecular weight excluding hydrogens is 460 g/mol. The van der Waals surface area contributed by atoms with Gasteiger partial charge in [-0.3, -0.25) is 9.78 Å². The molecule has 8 nitrogen and oxygen atoms in total. The predicted molar refractivity (Wildman–Crippen MR) is 122 cm³/mol. The van der Waals surface area contributed by atoms with Crippen LogP contribution >= 0.6 is 15.9 Å². The zero-order valence-corrected chi connectivity index (χ0v) is 18.5. The Hall–Kier alpha value is -3.04. The number of anilines is 1. The zero-order valence-electron chi connectivity index (χ0n) is 16.9. The van der Waals surface area contributed by atoms with E-state index in [2.05, 4.69) is 37.4 Å². The molecule has 1 aliphatic rings. The van der Waals surface area contributed by atoms with Crippen molar-refractivity contribution in [2.24, 2.45) is 0 Å². The molecule has 0 spiro atoms. The van der Waals surface area contributed by atoms with Crippen molar-refractivity contribution < 1.29 is 9.53 Å². The number of hydrogen-bond donors (Lipinski definition) is 2. The molecule has 0 unspecified atom stereocenters. The number of carbonyl (C=O) groups excluding carboxylic acids is 1. The number of carbonyl (C=O) groups is 1. The van der Waals surface area contributed by atoms with E-state index in [4.69, 9.17) is 15.5 Å². The highest BCUT2D eigenvalue weighted by Gasteiger charge is 2.30. The van der Waals surface area contributed by atoms with Crippen LogP contribution in [0.3, 0.4) is 0 Å². The van der Waals surface area contributed by atoms with Gasteiger partial charge in [-0.05, 0) is 40.9 Å². The summed E-state index contributed by atoms with van der Waals surface area (Å²) in [5.74, 6) is 0.373. The first-order valence-corrected chi connectivity index (χ1v) is 10.8. The van der Waals surface area contributed by atoms with Crippen LogP contribution in [0.2, 0.25) is 0 Å². The van der Waals surface area contributed by atoms with E-state index in [1.807, 2.05) is 30.5 Å². The lowest BCUT2D eigenvalue weighted by Crippen LogP contribution is -2.44. The lowest BCUT2D eigenvalue weighted by Gasteiger charge is -2.28. The number of pyridine rings is 1. The molecule has 1 aromatic carbocycles. The van der Waals surface area contributed by atoms with Gasteiger partial charge in [0, 0.05) is 35.2 Å². The summed E-state index contributed by atoms with van der Waals surface area (Å²) in [6.45, 7) is 0.613. The van der Waals surface area contributed by atoms with Gasteiger partial charge in [0.1, 0.15) is 11.9 Å². The summed E-state index contributed by atoms with van der Waals surface area (Å²) in [6, 6.07) is 9.79. The van der Waals surface area contributed by atoms with Gasteiger partial charge in [-0.15, -0.1) is 0 Å². The van der Waals surface area contributed by atoms with Crippen LogP contribution < -0.4 is 11.1 Å². The van der Waals surface area contributed by atoms with E-state index in [0.29, 0.717) is 24.4 Å². The Bertz CT molecular complexity index is 1300. The van der Waals surface area contributed by atoms with Gasteiger partial charge >= 0.3 is 5.97 Å². The molecule has 9 heteroatoms. The number of nitrogens with one attached hydrogen (secondary N) is 1. The number of rotatable bonds is 3. The van der Waals surface area contributed by atoms with Gasteiger partial charge in [0.05, 0.1) is 29.0 Å². The van der Waals surface area contributed by atoms with Crippen LogP contribution in [0.1, 0.15) is 24.5 Å². The second-order valence-corrected chi connectivity index (χ2v) is 8.46. The second kappa shape index (κ2) is 7.90. The van der Waals surface area contributed by atoms with Crippen LogP contribution in [0.25, 0.3) is 27.7 Å². The van der Waals surface area contributed by atoms with Crippen molar-refractivity contribution in [2.45, 2.75) is 24.8 Å². The normalized spacial score (nSPS) is 19.0. The minimum Gasteiger partial charge on any atom is -0.468 e. The Kier molecular flexibility index (Phi) is 5.07. The molecular formula is C22H21BrN6O2. The Morgan fingerprint density at radius 1 is 1.29 bits per heavy atom. The molecule has 31 heavy (non-hydrogen) atoms. The van der Waals surface area contributed by atoms with Crippen LogP contribution in [0.5, 0.6) is 0 Å². The van der Waals surface area contributed by atoms with E-state index in [-0.39, 0.29) is 17.9 Å². The third kappa shape index (κ3) is 3.43. The molecule has 0 aliphatic carbocycles. The van der Waals surface area contributed by atoms with E-state index in [0.717, 1.165) is 38.6 Å². The van der Waals surface area contributed by atoms with Gasteiger partial charge in [0.2, 0.25) is 0 Å². The molecule has 5 rings (SSSR count). The number of aromatic nitrogens is 4. The van der Waals surface area contributed by atoms with E-state index in [9.17, 15) is 4.79 Å². The maximum absolute atomic E-state index is 11.8. The molecule has 2 atom stereocenters.